The van der Waals surface area contributed by atoms with Crippen molar-refractivity contribution in [3.05, 3.63) is 203 Å². The van der Waals surface area contributed by atoms with Gasteiger partial charge in [-0.05, 0) is 144 Å². The van der Waals surface area contributed by atoms with E-state index < -0.39 is 0 Å². The lowest BCUT2D eigenvalue weighted by atomic mass is 9.73. The van der Waals surface area contributed by atoms with E-state index in [1.165, 1.54) is 127 Å². The monoisotopic (exact) mass is 792 g/mol. The molecule has 11 aromatic rings. The molecule has 0 saturated carbocycles. The molecule has 0 amide bonds. The number of nitrogens with zero attached hydrogens (tertiary/aromatic N) is 2. The van der Waals surface area contributed by atoms with Gasteiger partial charge in [0, 0.05) is 44.2 Å². The highest BCUT2D eigenvalue weighted by atomic mass is 15.0. The van der Waals surface area contributed by atoms with Gasteiger partial charge >= 0.3 is 0 Å². The van der Waals surface area contributed by atoms with E-state index in [1.807, 2.05) is 0 Å². The van der Waals surface area contributed by atoms with Gasteiger partial charge in [0.15, 0.2) is 0 Å². The Bertz CT molecular complexity index is 3820. The number of hydrogen-bond donors (Lipinski definition) is 0. The molecule has 0 aliphatic heterocycles. The third kappa shape index (κ3) is 4.29. The highest BCUT2D eigenvalue weighted by Crippen LogP contribution is 2.56. The summed E-state index contributed by atoms with van der Waals surface area (Å²) in [5, 5.41) is 11.6. The van der Waals surface area contributed by atoms with Crippen LogP contribution in [-0.4, -0.2) is 9.13 Å². The first-order valence-electron chi connectivity index (χ1n) is 22.3. The average molecular weight is 793 g/mol. The Morgan fingerprint density at radius 3 is 1.66 bits per heavy atom. The van der Waals surface area contributed by atoms with Crippen LogP contribution in [0.2, 0.25) is 0 Å². The normalized spacial score (nSPS) is 16.8. The van der Waals surface area contributed by atoms with Crippen LogP contribution in [0.1, 0.15) is 61.2 Å². The quantitative estimate of drug-likeness (QED) is 0.154. The summed E-state index contributed by atoms with van der Waals surface area (Å²) in [7, 11) is 0. The van der Waals surface area contributed by atoms with Crippen LogP contribution in [0.4, 0.5) is 0 Å². The van der Waals surface area contributed by atoms with Crippen molar-refractivity contribution in [1.82, 2.24) is 9.13 Å². The SMILES string of the molecule is CC1(C)c2ccccc2-c2cc3c4ccccc4n(-c4ccc5c6ccc(-n7c8c(c9ccccc97)C=C7c9ccccc9C(C)(C)C7C8)cc6c6ccccc6c5c4)c3cc21. The zero-order chi connectivity index (χ0) is 41.2. The van der Waals surface area contributed by atoms with Crippen molar-refractivity contribution >= 4 is 76.7 Å². The van der Waals surface area contributed by atoms with E-state index in [0.29, 0.717) is 5.92 Å². The molecular formula is C60H44N2. The van der Waals surface area contributed by atoms with Gasteiger partial charge in [-0.2, -0.15) is 0 Å². The topological polar surface area (TPSA) is 9.86 Å². The van der Waals surface area contributed by atoms with E-state index in [2.05, 4.69) is 213 Å². The maximum Gasteiger partial charge on any atom is 0.0544 e. The molecule has 294 valence electrons. The Hall–Kier alpha value is -7.16. The van der Waals surface area contributed by atoms with Crippen LogP contribution in [0, 0.1) is 5.92 Å². The summed E-state index contributed by atoms with van der Waals surface area (Å²) < 4.78 is 5.09. The van der Waals surface area contributed by atoms with E-state index in [1.54, 1.807) is 0 Å². The minimum Gasteiger partial charge on any atom is -0.313 e. The van der Waals surface area contributed by atoms with Gasteiger partial charge in [-0.25, -0.2) is 0 Å². The lowest BCUT2D eigenvalue weighted by Crippen LogP contribution is -2.27. The van der Waals surface area contributed by atoms with Crippen molar-refractivity contribution in [2.45, 2.75) is 44.9 Å². The predicted octanol–water partition coefficient (Wildman–Crippen LogP) is 15.5. The fraction of sp³-hybridized carbons (Fsp3) is 0.133. The first kappa shape index (κ1) is 34.5. The average Bonchev–Trinajstić information content (AvgIpc) is 3.96. The smallest absolute Gasteiger partial charge is 0.0544 e. The van der Waals surface area contributed by atoms with Crippen LogP contribution in [0.3, 0.4) is 0 Å². The van der Waals surface area contributed by atoms with E-state index in [4.69, 9.17) is 0 Å². The van der Waals surface area contributed by atoms with Gasteiger partial charge in [-0.3, -0.25) is 0 Å². The third-order valence-electron chi connectivity index (χ3n) is 15.6. The molecule has 2 nitrogen and oxygen atoms in total. The summed E-state index contributed by atoms with van der Waals surface area (Å²) in [6.45, 7) is 9.65. The molecule has 2 aromatic heterocycles. The van der Waals surface area contributed by atoms with Crippen molar-refractivity contribution in [1.29, 1.82) is 0 Å². The molecule has 2 heterocycles. The summed E-state index contributed by atoms with van der Waals surface area (Å²) in [5.41, 5.74) is 18.9. The Balaban J connectivity index is 0.974. The molecule has 62 heavy (non-hydrogen) atoms. The van der Waals surface area contributed by atoms with E-state index in [9.17, 15) is 0 Å². The molecule has 1 unspecified atom stereocenters. The van der Waals surface area contributed by atoms with Crippen LogP contribution in [0.15, 0.2) is 170 Å². The highest BCUT2D eigenvalue weighted by molar-refractivity contribution is 6.26. The first-order valence-corrected chi connectivity index (χ1v) is 22.3. The largest absolute Gasteiger partial charge is 0.313 e. The van der Waals surface area contributed by atoms with Crippen molar-refractivity contribution < 1.29 is 0 Å². The van der Waals surface area contributed by atoms with Crippen LogP contribution in [0.25, 0.3) is 99.2 Å². The highest BCUT2D eigenvalue weighted by Gasteiger charge is 2.45. The Morgan fingerprint density at radius 1 is 0.403 bits per heavy atom. The van der Waals surface area contributed by atoms with Gasteiger partial charge in [-0.1, -0.05) is 149 Å². The molecule has 0 radical (unpaired) electrons. The van der Waals surface area contributed by atoms with Crippen LogP contribution >= 0.6 is 0 Å². The van der Waals surface area contributed by atoms with Crippen molar-refractivity contribution in [2.24, 2.45) is 5.92 Å². The maximum atomic E-state index is 2.58. The van der Waals surface area contributed by atoms with E-state index in [-0.39, 0.29) is 10.8 Å². The summed E-state index contributed by atoms with van der Waals surface area (Å²) in [4.78, 5) is 0. The second-order valence-corrected chi connectivity index (χ2v) is 19.3. The van der Waals surface area contributed by atoms with Crippen LogP contribution in [0.5, 0.6) is 0 Å². The number of para-hydroxylation sites is 2. The molecule has 3 aliphatic carbocycles. The summed E-state index contributed by atoms with van der Waals surface area (Å²) in [6.07, 6.45) is 3.54. The second kappa shape index (κ2) is 11.8. The van der Waals surface area contributed by atoms with E-state index >= 15 is 0 Å². The lowest BCUT2D eigenvalue weighted by molar-refractivity contribution is 0.405. The molecule has 9 aromatic carbocycles. The summed E-state index contributed by atoms with van der Waals surface area (Å²) in [5.74, 6) is 0.424. The number of benzene rings is 9. The standard InChI is InChI=1S/C60H44N2/c1-59(2)51-21-11-7-17-41(51)47-31-49-43-19-9-13-23-55(43)61(57(49)33-53(47)59)35-25-27-39-40-28-26-36(30-46(40)38-16-6-5-15-37(38)45(39)29-35)62-56-24-14-10-20-44(56)50-32-48-42-18-8-12-22-52(42)60(3,4)54(48)34-58(50)62/h5-33,54H,34H2,1-4H3. The molecular weight excluding hydrogens is 749 g/mol. The predicted molar refractivity (Wildman–Crippen MR) is 262 cm³/mol. The zero-order valence-electron chi connectivity index (χ0n) is 35.4. The van der Waals surface area contributed by atoms with Crippen molar-refractivity contribution in [3.8, 4) is 22.5 Å². The molecule has 0 bridgehead atoms. The van der Waals surface area contributed by atoms with Crippen molar-refractivity contribution in [2.75, 3.05) is 0 Å². The van der Waals surface area contributed by atoms with Gasteiger partial charge in [0.2, 0.25) is 0 Å². The van der Waals surface area contributed by atoms with Gasteiger partial charge in [0.1, 0.15) is 0 Å². The molecule has 2 heteroatoms. The Kier molecular flexibility index (Phi) is 6.58. The van der Waals surface area contributed by atoms with Gasteiger partial charge < -0.3 is 9.13 Å². The minimum absolute atomic E-state index is 0.0560. The molecule has 0 fully saturated rings. The van der Waals surface area contributed by atoms with Gasteiger partial charge in [-0.15, -0.1) is 0 Å². The Morgan fingerprint density at radius 2 is 0.952 bits per heavy atom. The summed E-state index contributed by atoms with van der Waals surface area (Å²) >= 11 is 0. The minimum atomic E-state index is -0.0798. The molecule has 0 saturated heterocycles. The third-order valence-corrected chi connectivity index (χ3v) is 15.6. The number of aromatic nitrogens is 2. The number of allylic oxidation sites excluding steroid dienone is 1. The molecule has 14 rings (SSSR count). The van der Waals surface area contributed by atoms with E-state index in [0.717, 1.165) is 6.42 Å². The fourth-order valence-electron chi connectivity index (χ4n) is 12.6. The molecule has 0 spiro atoms. The first-order chi connectivity index (χ1) is 30.3. The number of fused-ring (bicyclic) bond motifs is 18. The zero-order valence-corrected chi connectivity index (χ0v) is 35.4. The fourth-order valence-corrected chi connectivity index (χ4v) is 12.6. The molecule has 1 atom stereocenters. The van der Waals surface area contributed by atoms with Crippen LogP contribution < -0.4 is 0 Å². The van der Waals surface area contributed by atoms with Gasteiger partial charge in [0.05, 0.1) is 16.6 Å². The molecule has 3 aliphatic rings. The molecule has 0 N–H and O–H groups in total. The number of rotatable bonds is 2. The second-order valence-electron chi connectivity index (χ2n) is 19.3. The van der Waals surface area contributed by atoms with Gasteiger partial charge in [0.25, 0.3) is 0 Å². The summed E-state index contributed by atoms with van der Waals surface area (Å²) in [6, 6.07) is 64.5. The van der Waals surface area contributed by atoms with Crippen molar-refractivity contribution in [3.63, 3.8) is 0 Å². The Labute approximate surface area is 361 Å². The van der Waals surface area contributed by atoms with Crippen LogP contribution in [-0.2, 0) is 17.3 Å². The lowest BCUT2D eigenvalue weighted by Gasteiger charge is -2.32. The maximum absolute atomic E-state index is 2.58. The number of hydrogen-bond acceptors (Lipinski definition) is 0.